The zero-order valence-electron chi connectivity index (χ0n) is 10.7. The van der Waals surface area contributed by atoms with Crippen molar-refractivity contribution >= 4 is 0 Å². The Morgan fingerprint density at radius 1 is 1.42 bits per heavy atom. The number of aromatic hydroxyl groups is 1. The van der Waals surface area contributed by atoms with E-state index in [9.17, 15) is 9.50 Å². The topological polar surface area (TPSA) is 88.4 Å². The fourth-order valence-corrected chi connectivity index (χ4v) is 1.73. The molecule has 6 nitrogen and oxygen atoms in total. The lowest BCUT2D eigenvalue weighted by atomic mass is 10.1. The lowest BCUT2D eigenvalue weighted by molar-refractivity contribution is 0.379. The molecule has 0 aliphatic carbocycles. The van der Waals surface area contributed by atoms with E-state index in [2.05, 4.69) is 10.1 Å². The molecule has 0 aliphatic heterocycles. The Balaban J connectivity index is 2.46. The highest BCUT2D eigenvalue weighted by Crippen LogP contribution is 2.31. The highest BCUT2D eigenvalue weighted by atomic mass is 19.1. The van der Waals surface area contributed by atoms with Crippen LogP contribution in [-0.4, -0.2) is 34.2 Å². The number of phenols is 1. The first-order chi connectivity index (χ1) is 9.01. The zero-order valence-corrected chi connectivity index (χ0v) is 10.7. The summed E-state index contributed by atoms with van der Waals surface area (Å²) >= 11 is 0. The molecule has 102 valence electrons. The van der Waals surface area contributed by atoms with Crippen molar-refractivity contribution in [1.29, 1.82) is 0 Å². The minimum Gasteiger partial charge on any atom is -0.504 e. The monoisotopic (exact) mass is 266 g/mol. The summed E-state index contributed by atoms with van der Waals surface area (Å²) in [6, 6.07) is 2.91. The molecule has 0 radical (unpaired) electrons. The van der Waals surface area contributed by atoms with Gasteiger partial charge >= 0.3 is 0 Å². The quantitative estimate of drug-likeness (QED) is 0.861. The SMILES string of the molecule is CN(C)Cc1cc(F)c(O)c(-c2noc(CN)n2)c1. The van der Waals surface area contributed by atoms with Crippen LogP contribution in [0.15, 0.2) is 16.7 Å². The standard InChI is InChI=1S/C12H15FN4O2/c1-17(2)6-7-3-8(11(18)9(13)4-7)12-15-10(5-14)19-16-12/h3-4,18H,5-6,14H2,1-2H3. The van der Waals surface area contributed by atoms with Gasteiger partial charge in [-0.1, -0.05) is 5.16 Å². The van der Waals surface area contributed by atoms with Crippen molar-refractivity contribution < 1.29 is 14.0 Å². The minimum atomic E-state index is -0.714. The van der Waals surface area contributed by atoms with E-state index >= 15 is 0 Å². The van der Waals surface area contributed by atoms with Crippen molar-refractivity contribution in [2.45, 2.75) is 13.1 Å². The van der Waals surface area contributed by atoms with Crippen LogP contribution in [0.5, 0.6) is 5.75 Å². The average Bonchev–Trinajstić information content (AvgIpc) is 2.81. The van der Waals surface area contributed by atoms with E-state index in [1.54, 1.807) is 6.07 Å². The summed E-state index contributed by atoms with van der Waals surface area (Å²) in [7, 11) is 3.73. The number of hydrogen-bond acceptors (Lipinski definition) is 6. The van der Waals surface area contributed by atoms with Crippen molar-refractivity contribution in [3.63, 3.8) is 0 Å². The van der Waals surface area contributed by atoms with Gasteiger partial charge in [-0.2, -0.15) is 4.98 Å². The second-order valence-electron chi connectivity index (χ2n) is 4.43. The molecule has 0 spiro atoms. The van der Waals surface area contributed by atoms with Crippen LogP contribution >= 0.6 is 0 Å². The van der Waals surface area contributed by atoms with E-state index in [1.807, 2.05) is 19.0 Å². The summed E-state index contributed by atoms with van der Waals surface area (Å²) in [6.07, 6.45) is 0. The first kappa shape index (κ1) is 13.4. The van der Waals surface area contributed by atoms with E-state index in [0.717, 1.165) is 0 Å². The fraction of sp³-hybridized carbons (Fsp3) is 0.333. The Bertz CT molecular complexity index is 583. The van der Waals surface area contributed by atoms with Crippen LogP contribution in [0.1, 0.15) is 11.5 Å². The number of nitrogens with zero attached hydrogens (tertiary/aromatic N) is 3. The summed E-state index contributed by atoms with van der Waals surface area (Å²) in [5, 5.41) is 13.4. The van der Waals surface area contributed by atoms with E-state index in [4.69, 9.17) is 10.3 Å². The van der Waals surface area contributed by atoms with Gasteiger partial charge in [-0.3, -0.25) is 0 Å². The molecule has 0 saturated heterocycles. The number of halogens is 1. The van der Waals surface area contributed by atoms with Gasteiger partial charge < -0.3 is 20.3 Å². The zero-order chi connectivity index (χ0) is 14.0. The molecule has 0 saturated carbocycles. The third kappa shape index (κ3) is 2.88. The molecule has 19 heavy (non-hydrogen) atoms. The normalized spacial score (nSPS) is 11.2. The smallest absolute Gasteiger partial charge is 0.240 e. The minimum absolute atomic E-state index is 0.0909. The number of rotatable bonds is 4. The molecule has 2 rings (SSSR count). The Morgan fingerprint density at radius 3 is 2.74 bits per heavy atom. The number of aromatic nitrogens is 2. The van der Waals surface area contributed by atoms with Crippen LogP contribution in [-0.2, 0) is 13.1 Å². The molecule has 3 N–H and O–H groups in total. The van der Waals surface area contributed by atoms with Crippen molar-refractivity contribution in [2.75, 3.05) is 14.1 Å². The summed E-state index contributed by atoms with van der Waals surface area (Å²) in [5.41, 5.74) is 6.26. The van der Waals surface area contributed by atoms with Crippen LogP contribution in [0.2, 0.25) is 0 Å². The summed E-state index contributed by atoms with van der Waals surface area (Å²) in [5.74, 6) is -0.856. The predicted molar refractivity (Wildman–Crippen MR) is 66.6 cm³/mol. The number of benzene rings is 1. The average molecular weight is 266 g/mol. The van der Waals surface area contributed by atoms with E-state index in [-0.39, 0.29) is 23.8 Å². The lowest BCUT2D eigenvalue weighted by Crippen LogP contribution is -2.11. The van der Waals surface area contributed by atoms with Gasteiger partial charge in [0.15, 0.2) is 11.6 Å². The number of hydrogen-bond donors (Lipinski definition) is 2. The fourth-order valence-electron chi connectivity index (χ4n) is 1.73. The number of nitrogens with two attached hydrogens (primary N) is 1. The van der Waals surface area contributed by atoms with Gasteiger partial charge in [0.05, 0.1) is 12.1 Å². The Kier molecular flexibility index (Phi) is 3.77. The number of phenolic OH excluding ortho intramolecular Hbond substituents is 1. The van der Waals surface area contributed by atoms with Gasteiger partial charge in [0, 0.05) is 6.54 Å². The maximum absolute atomic E-state index is 13.7. The molecule has 0 unspecified atom stereocenters. The molecule has 1 heterocycles. The maximum atomic E-state index is 13.7. The largest absolute Gasteiger partial charge is 0.504 e. The van der Waals surface area contributed by atoms with Crippen molar-refractivity contribution in [3.05, 3.63) is 29.4 Å². The Hall–Kier alpha value is -1.99. The summed E-state index contributed by atoms with van der Waals surface area (Å²) < 4.78 is 18.5. The molecule has 1 aromatic carbocycles. The third-order valence-corrected chi connectivity index (χ3v) is 2.51. The van der Waals surface area contributed by atoms with Crippen LogP contribution in [0.3, 0.4) is 0 Å². The highest BCUT2D eigenvalue weighted by molar-refractivity contribution is 5.64. The molecule has 2 aromatic rings. The van der Waals surface area contributed by atoms with Crippen LogP contribution < -0.4 is 5.73 Å². The molecular weight excluding hydrogens is 251 g/mol. The van der Waals surface area contributed by atoms with Crippen molar-refractivity contribution in [3.8, 4) is 17.1 Å². The van der Waals surface area contributed by atoms with Gasteiger partial charge in [-0.25, -0.2) is 4.39 Å². The van der Waals surface area contributed by atoms with E-state index in [0.29, 0.717) is 12.1 Å². The molecule has 1 aromatic heterocycles. The Morgan fingerprint density at radius 2 is 2.16 bits per heavy atom. The first-order valence-electron chi connectivity index (χ1n) is 5.70. The van der Waals surface area contributed by atoms with Gasteiger partial charge in [0.25, 0.3) is 0 Å². The molecule has 0 atom stereocenters. The molecule has 0 bridgehead atoms. The predicted octanol–water partition coefficient (Wildman–Crippen LogP) is 1.10. The van der Waals surface area contributed by atoms with Crippen LogP contribution in [0, 0.1) is 5.82 Å². The maximum Gasteiger partial charge on any atom is 0.240 e. The van der Waals surface area contributed by atoms with Gasteiger partial charge in [0.1, 0.15) is 0 Å². The van der Waals surface area contributed by atoms with Gasteiger partial charge in [-0.15, -0.1) is 0 Å². The Labute approximate surface area is 109 Å². The van der Waals surface area contributed by atoms with E-state index < -0.39 is 11.6 Å². The van der Waals surface area contributed by atoms with E-state index in [1.165, 1.54) is 6.07 Å². The second kappa shape index (κ2) is 5.33. The summed E-state index contributed by atoms with van der Waals surface area (Å²) in [6.45, 7) is 0.624. The van der Waals surface area contributed by atoms with Crippen LogP contribution in [0.25, 0.3) is 11.4 Å². The second-order valence-corrected chi connectivity index (χ2v) is 4.43. The molecular formula is C12H15FN4O2. The van der Waals surface area contributed by atoms with Gasteiger partial charge in [0.2, 0.25) is 11.7 Å². The van der Waals surface area contributed by atoms with Gasteiger partial charge in [-0.05, 0) is 31.8 Å². The van der Waals surface area contributed by atoms with Crippen molar-refractivity contribution in [2.24, 2.45) is 5.73 Å². The highest BCUT2D eigenvalue weighted by Gasteiger charge is 2.16. The third-order valence-electron chi connectivity index (χ3n) is 2.51. The summed E-state index contributed by atoms with van der Waals surface area (Å²) in [4.78, 5) is 5.86. The molecule has 0 fully saturated rings. The van der Waals surface area contributed by atoms with Crippen LogP contribution in [0.4, 0.5) is 4.39 Å². The molecule has 0 aliphatic rings. The lowest BCUT2D eigenvalue weighted by Gasteiger charge is -2.11. The molecule has 0 amide bonds. The molecule has 7 heteroatoms. The first-order valence-corrected chi connectivity index (χ1v) is 5.70. The van der Waals surface area contributed by atoms with Crippen molar-refractivity contribution in [1.82, 2.24) is 15.0 Å².